The minimum atomic E-state index is -0.358. The molecule has 1 fully saturated rings. The minimum Gasteiger partial charge on any atom is -0.314 e. The number of carbonyl (C=O) groups is 2. The third-order valence-corrected chi connectivity index (χ3v) is 7.58. The van der Waals surface area contributed by atoms with Crippen molar-refractivity contribution in [1.82, 2.24) is 20.0 Å². The number of rotatable bonds is 7. The first-order valence-corrected chi connectivity index (χ1v) is 14.2. The molecule has 1 N–H and O–H groups in total. The first kappa shape index (κ1) is 26.3. The molecule has 6 rings (SSSR count). The van der Waals surface area contributed by atoms with Crippen molar-refractivity contribution in [3.05, 3.63) is 121 Å². The quantitative estimate of drug-likeness (QED) is 0.248. The summed E-state index contributed by atoms with van der Waals surface area (Å²) in [6, 6.07) is 37.4. The first-order chi connectivity index (χ1) is 20.1. The van der Waals surface area contributed by atoms with E-state index in [0.29, 0.717) is 16.7 Å². The Balaban J connectivity index is 1.40. The fourth-order valence-electron chi connectivity index (χ4n) is 4.69. The van der Waals surface area contributed by atoms with Gasteiger partial charge in [0.15, 0.2) is 5.17 Å². The van der Waals surface area contributed by atoms with Gasteiger partial charge in [-0.15, -0.1) is 0 Å². The highest BCUT2D eigenvalue weighted by Gasteiger charge is 2.31. The lowest BCUT2D eigenvalue weighted by molar-refractivity contribution is -0.134. The predicted octanol–water partition coefficient (Wildman–Crippen LogP) is 6.49. The van der Waals surface area contributed by atoms with Crippen molar-refractivity contribution in [3.8, 4) is 33.9 Å². The molecule has 202 valence electrons. The molecule has 1 aliphatic rings. The second kappa shape index (κ2) is 11.7. The molecular weight excluding hydrogens is 530 g/mol. The second-order valence-electron chi connectivity index (χ2n) is 9.60. The van der Waals surface area contributed by atoms with Crippen LogP contribution in [0.3, 0.4) is 0 Å². The maximum absolute atomic E-state index is 13.7. The van der Waals surface area contributed by atoms with Crippen LogP contribution in [0.1, 0.15) is 5.56 Å². The van der Waals surface area contributed by atoms with Crippen molar-refractivity contribution >= 4 is 34.4 Å². The van der Waals surface area contributed by atoms with E-state index in [1.54, 1.807) is 0 Å². The highest BCUT2D eigenvalue weighted by Crippen LogP contribution is 2.36. The van der Waals surface area contributed by atoms with Crippen molar-refractivity contribution in [1.29, 1.82) is 0 Å². The van der Waals surface area contributed by atoms with Crippen molar-refractivity contribution in [3.63, 3.8) is 0 Å². The van der Waals surface area contributed by atoms with Gasteiger partial charge in [-0.3, -0.25) is 15.0 Å². The molecule has 7 nitrogen and oxygen atoms in total. The zero-order valence-electron chi connectivity index (χ0n) is 22.4. The number of benzene rings is 4. The number of amidine groups is 1. The van der Waals surface area contributed by atoms with E-state index in [4.69, 9.17) is 4.98 Å². The van der Waals surface area contributed by atoms with E-state index in [1.807, 2.05) is 127 Å². The number of amides is 2. The Hall–Kier alpha value is -4.95. The van der Waals surface area contributed by atoms with Gasteiger partial charge in [0.05, 0.1) is 22.8 Å². The Bertz CT molecular complexity index is 1720. The molecule has 41 heavy (non-hydrogen) atoms. The van der Waals surface area contributed by atoms with E-state index in [0.717, 1.165) is 33.6 Å². The lowest BCUT2D eigenvalue weighted by Crippen LogP contribution is -2.46. The number of imidazole rings is 1. The molecule has 1 saturated heterocycles. The molecule has 8 heteroatoms. The lowest BCUT2D eigenvalue weighted by Gasteiger charge is -2.19. The maximum atomic E-state index is 13.7. The Morgan fingerprint density at radius 3 is 2.05 bits per heavy atom. The molecule has 4 aromatic carbocycles. The fraction of sp³-hybridized carbons (Fsp3) is 0.0909. The topological polar surface area (TPSA) is 79.6 Å². The Morgan fingerprint density at radius 2 is 1.41 bits per heavy atom. The molecule has 0 radical (unpaired) electrons. The number of hydrogen-bond donors (Lipinski definition) is 1. The van der Waals surface area contributed by atoms with E-state index in [2.05, 4.69) is 10.4 Å². The Kier molecular flexibility index (Phi) is 7.47. The molecule has 1 aliphatic heterocycles. The van der Waals surface area contributed by atoms with Gasteiger partial charge in [0.1, 0.15) is 12.4 Å². The molecule has 5 aromatic rings. The van der Waals surface area contributed by atoms with Gasteiger partial charge in [-0.25, -0.2) is 9.98 Å². The summed E-state index contributed by atoms with van der Waals surface area (Å²) in [6.07, 6.45) is 0. The number of aryl methyl sites for hydroxylation is 1. The van der Waals surface area contributed by atoms with Crippen LogP contribution >= 0.6 is 11.8 Å². The van der Waals surface area contributed by atoms with Crippen LogP contribution in [0.5, 0.6) is 0 Å². The van der Waals surface area contributed by atoms with Crippen LogP contribution in [-0.2, 0) is 16.1 Å². The summed E-state index contributed by atoms with van der Waals surface area (Å²) in [7, 11) is 0. The van der Waals surface area contributed by atoms with E-state index in [-0.39, 0.29) is 24.1 Å². The molecule has 0 bridgehead atoms. The number of carbonyl (C=O) groups excluding carboxylic acids is 2. The van der Waals surface area contributed by atoms with Gasteiger partial charge in [-0.2, -0.15) is 5.01 Å². The lowest BCUT2D eigenvalue weighted by atomic mass is 10.0. The second-order valence-corrected chi connectivity index (χ2v) is 10.5. The van der Waals surface area contributed by atoms with Gasteiger partial charge in [0, 0.05) is 16.7 Å². The summed E-state index contributed by atoms with van der Waals surface area (Å²) in [5, 5.41) is 1.70. The standard InChI is InChI=1S/C33H27N5O2S/c1-23-17-19-27(20-18-23)34-33-38(29(40)22-41-33)36-28(39)21-37-31(25-13-7-3-8-14-25)30(24-11-5-2-6-12-24)35-32(37)26-15-9-4-10-16-26/h2-20H,21-22H2,1H3,(H,36,39). The average Bonchev–Trinajstić information content (AvgIpc) is 3.55. The summed E-state index contributed by atoms with van der Waals surface area (Å²) < 4.78 is 1.92. The largest absolute Gasteiger partial charge is 0.314 e. The van der Waals surface area contributed by atoms with Crippen LogP contribution in [0.4, 0.5) is 5.69 Å². The highest BCUT2D eigenvalue weighted by molar-refractivity contribution is 8.15. The van der Waals surface area contributed by atoms with Crippen LogP contribution in [0.25, 0.3) is 33.9 Å². The zero-order chi connectivity index (χ0) is 28.2. The maximum Gasteiger partial charge on any atom is 0.258 e. The molecule has 0 saturated carbocycles. The zero-order valence-corrected chi connectivity index (χ0v) is 23.2. The number of nitrogens with one attached hydrogen (secondary N) is 1. The van der Waals surface area contributed by atoms with Gasteiger partial charge >= 0.3 is 0 Å². The van der Waals surface area contributed by atoms with Crippen LogP contribution in [-0.4, -0.2) is 37.3 Å². The normalized spacial score (nSPS) is 14.0. The monoisotopic (exact) mass is 557 g/mol. The first-order valence-electron chi connectivity index (χ1n) is 13.2. The number of thioether (sulfide) groups is 1. The minimum absolute atomic E-state index is 0.0550. The van der Waals surface area contributed by atoms with E-state index in [1.165, 1.54) is 16.8 Å². The molecule has 0 atom stereocenters. The van der Waals surface area contributed by atoms with Crippen molar-refractivity contribution < 1.29 is 9.59 Å². The molecule has 0 spiro atoms. The SMILES string of the molecule is Cc1ccc(N=C2SCC(=O)N2NC(=O)Cn2c(-c3ccccc3)nc(-c3ccccc3)c2-c2ccccc2)cc1. The molecule has 0 aliphatic carbocycles. The number of hydrazine groups is 1. The van der Waals surface area contributed by atoms with Gasteiger partial charge in [-0.1, -0.05) is 120 Å². The number of aromatic nitrogens is 2. The van der Waals surface area contributed by atoms with Gasteiger partial charge in [0.2, 0.25) is 0 Å². The van der Waals surface area contributed by atoms with Gasteiger partial charge in [-0.05, 0) is 19.1 Å². The smallest absolute Gasteiger partial charge is 0.258 e. The molecule has 0 unspecified atom stereocenters. The van der Waals surface area contributed by atoms with E-state index >= 15 is 0 Å². The molecule has 2 heterocycles. The van der Waals surface area contributed by atoms with Crippen molar-refractivity contribution in [2.24, 2.45) is 4.99 Å². The molecule has 2 amide bonds. The summed E-state index contributed by atoms with van der Waals surface area (Å²) in [5.74, 6) is 0.285. The number of nitrogens with zero attached hydrogens (tertiary/aromatic N) is 4. The van der Waals surface area contributed by atoms with E-state index in [9.17, 15) is 9.59 Å². The third kappa shape index (κ3) is 5.69. The van der Waals surface area contributed by atoms with Crippen LogP contribution < -0.4 is 5.43 Å². The highest BCUT2D eigenvalue weighted by atomic mass is 32.2. The average molecular weight is 558 g/mol. The number of hydrogen-bond acceptors (Lipinski definition) is 5. The summed E-state index contributed by atoms with van der Waals surface area (Å²) in [5.41, 5.74) is 9.00. The van der Waals surface area contributed by atoms with Gasteiger partial charge < -0.3 is 4.57 Å². The molecular formula is C33H27N5O2S. The fourth-order valence-corrected chi connectivity index (χ4v) is 5.52. The third-order valence-electron chi connectivity index (χ3n) is 6.66. The summed E-state index contributed by atoms with van der Waals surface area (Å²) in [6.45, 7) is 1.95. The number of aliphatic imine (C=N–C) groups is 1. The van der Waals surface area contributed by atoms with Crippen molar-refractivity contribution in [2.45, 2.75) is 13.5 Å². The van der Waals surface area contributed by atoms with Gasteiger partial charge in [0.25, 0.3) is 11.8 Å². The van der Waals surface area contributed by atoms with Crippen LogP contribution in [0.15, 0.2) is 120 Å². The van der Waals surface area contributed by atoms with E-state index < -0.39 is 0 Å². The van der Waals surface area contributed by atoms with Crippen LogP contribution in [0, 0.1) is 6.92 Å². The Labute approximate surface area is 242 Å². The Morgan fingerprint density at radius 1 is 0.829 bits per heavy atom. The van der Waals surface area contributed by atoms with Crippen LogP contribution in [0.2, 0.25) is 0 Å². The van der Waals surface area contributed by atoms with Crippen molar-refractivity contribution in [2.75, 3.05) is 5.75 Å². The predicted molar refractivity (Wildman–Crippen MR) is 164 cm³/mol. The summed E-state index contributed by atoms with van der Waals surface area (Å²) in [4.78, 5) is 36.1. The summed E-state index contributed by atoms with van der Waals surface area (Å²) >= 11 is 1.30. The molecule has 1 aromatic heterocycles.